The Morgan fingerprint density at radius 3 is 2.25 bits per heavy atom. The van der Waals surface area contributed by atoms with E-state index >= 15 is 0 Å². The first-order chi connectivity index (χ1) is 13.1. The van der Waals surface area contributed by atoms with Crippen LogP contribution in [-0.2, 0) is 6.18 Å². The van der Waals surface area contributed by atoms with Crippen molar-refractivity contribution in [3.8, 4) is 34.2 Å². The molecule has 28 heavy (non-hydrogen) atoms. The second kappa shape index (κ2) is 6.88. The number of alkyl halides is 6. The molecule has 0 amide bonds. The van der Waals surface area contributed by atoms with E-state index in [2.05, 4.69) is 20.1 Å². The summed E-state index contributed by atoms with van der Waals surface area (Å²) in [4.78, 5) is 0. The van der Waals surface area contributed by atoms with E-state index in [4.69, 9.17) is 5.26 Å². The van der Waals surface area contributed by atoms with E-state index in [0.29, 0.717) is 0 Å². The summed E-state index contributed by atoms with van der Waals surface area (Å²) in [6.07, 6.45) is -9.65. The van der Waals surface area contributed by atoms with Gasteiger partial charge in [-0.3, -0.25) is 0 Å². The van der Waals surface area contributed by atoms with Gasteiger partial charge in [0.05, 0.1) is 5.56 Å². The summed E-state index contributed by atoms with van der Waals surface area (Å²) in [5.74, 6) is -0.677. The molecule has 3 aromatic rings. The molecule has 0 saturated carbocycles. The maximum absolute atomic E-state index is 13.0. The maximum atomic E-state index is 13.0. The number of nitrogens with one attached hydrogen (secondary N) is 1. The van der Waals surface area contributed by atoms with Gasteiger partial charge in [0.25, 0.3) is 0 Å². The molecule has 0 bridgehead atoms. The van der Waals surface area contributed by atoms with Crippen molar-refractivity contribution in [2.75, 3.05) is 0 Å². The summed E-state index contributed by atoms with van der Waals surface area (Å²) >= 11 is 0. The molecule has 2 aromatic carbocycles. The average Bonchev–Trinajstić information content (AvgIpc) is 3.08. The number of nitrogens with zero attached hydrogens (tertiary/aromatic N) is 3. The fourth-order valence-corrected chi connectivity index (χ4v) is 2.48. The zero-order valence-electron chi connectivity index (χ0n) is 13.6. The molecule has 144 valence electrons. The lowest BCUT2D eigenvalue weighted by atomic mass is 9.99. The third-order valence-corrected chi connectivity index (χ3v) is 3.59. The number of hydrogen-bond acceptors (Lipinski definition) is 4. The van der Waals surface area contributed by atoms with Gasteiger partial charge >= 0.3 is 12.5 Å². The number of aromatic amines is 1. The molecule has 1 N–H and O–H groups in total. The summed E-state index contributed by atoms with van der Waals surface area (Å²) in [6.45, 7) is 0. The first-order valence-corrected chi connectivity index (χ1v) is 7.46. The molecular weight excluding hydrogens is 390 g/mol. The molecule has 0 saturated heterocycles. The molecule has 1 heterocycles. The van der Waals surface area contributed by atoms with Crippen molar-refractivity contribution >= 4 is 0 Å². The molecule has 0 spiro atoms. The average molecular weight is 398 g/mol. The molecule has 0 unspecified atom stereocenters. The number of aromatic nitrogens is 3. The second-order valence-electron chi connectivity index (χ2n) is 5.51. The Hall–Kier alpha value is -3.55. The van der Waals surface area contributed by atoms with Crippen LogP contribution >= 0.6 is 0 Å². The number of benzene rings is 2. The third-order valence-electron chi connectivity index (χ3n) is 3.59. The van der Waals surface area contributed by atoms with Gasteiger partial charge < -0.3 is 4.74 Å². The van der Waals surface area contributed by atoms with Crippen molar-refractivity contribution in [2.24, 2.45) is 0 Å². The Kier molecular flexibility index (Phi) is 4.72. The molecule has 5 nitrogen and oxygen atoms in total. The van der Waals surface area contributed by atoms with E-state index in [1.165, 1.54) is 12.1 Å². The van der Waals surface area contributed by atoms with Gasteiger partial charge in [-0.2, -0.15) is 28.7 Å². The third kappa shape index (κ3) is 4.22. The number of hydrogen-bond donors (Lipinski definition) is 1. The van der Waals surface area contributed by atoms with E-state index in [-0.39, 0.29) is 28.1 Å². The van der Waals surface area contributed by atoms with E-state index in [1.54, 1.807) is 6.07 Å². The van der Waals surface area contributed by atoms with Crippen LogP contribution in [0, 0.1) is 11.3 Å². The lowest BCUT2D eigenvalue weighted by Gasteiger charge is -2.13. The van der Waals surface area contributed by atoms with E-state index < -0.39 is 23.9 Å². The second-order valence-corrected chi connectivity index (χ2v) is 5.51. The Bertz CT molecular complexity index is 1050. The highest BCUT2D eigenvalue weighted by molar-refractivity contribution is 5.75. The van der Waals surface area contributed by atoms with Gasteiger partial charge in [0.15, 0.2) is 5.69 Å². The minimum Gasteiger partial charge on any atom is -0.406 e. The van der Waals surface area contributed by atoms with Gasteiger partial charge in [0.2, 0.25) is 0 Å². The number of halogens is 6. The van der Waals surface area contributed by atoms with Crippen LogP contribution in [-0.4, -0.2) is 21.8 Å². The molecule has 3 rings (SSSR count). The summed E-state index contributed by atoms with van der Waals surface area (Å²) in [6, 6.07) is 8.98. The van der Waals surface area contributed by atoms with Crippen LogP contribution in [0.1, 0.15) is 11.3 Å². The predicted octanol–water partition coefficient (Wildman–Crippen LogP) is 4.93. The Morgan fingerprint density at radius 1 is 0.893 bits per heavy atom. The number of ether oxygens (including phenoxy) is 1. The van der Waals surface area contributed by atoms with Gasteiger partial charge in [-0.25, -0.2) is 0 Å². The minimum atomic E-state index is -5.02. The largest absolute Gasteiger partial charge is 0.573 e. The Labute approximate surface area is 153 Å². The van der Waals surface area contributed by atoms with E-state index in [0.717, 1.165) is 30.3 Å². The quantitative estimate of drug-likeness (QED) is 0.635. The number of nitriles is 1. The van der Waals surface area contributed by atoms with Crippen LogP contribution in [0.15, 0.2) is 42.5 Å². The molecular formula is C17H8F6N4O. The van der Waals surface area contributed by atoms with Crippen LogP contribution < -0.4 is 4.74 Å². The SMILES string of the molecule is N#Cc1n[nH]nc1-c1cc(OC(F)(F)F)cc(-c2cccc(C(F)(F)F)c2)c1. The summed E-state index contributed by atoms with van der Waals surface area (Å²) in [5, 5.41) is 18.5. The van der Waals surface area contributed by atoms with Gasteiger partial charge in [-0.05, 0) is 41.5 Å². The van der Waals surface area contributed by atoms with Crippen LogP contribution in [0.25, 0.3) is 22.4 Å². The minimum absolute atomic E-state index is 0.00528. The highest BCUT2D eigenvalue weighted by Gasteiger charge is 2.32. The van der Waals surface area contributed by atoms with Gasteiger partial charge in [-0.1, -0.05) is 12.1 Å². The monoisotopic (exact) mass is 398 g/mol. The Balaban J connectivity index is 2.17. The molecule has 0 atom stereocenters. The summed E-state index contributed by atoms with van der Waals surface area (Å²) < 4.78 is 80.7. The Morgan fingerprint density at radius 2 is 1.61 bits per heavy atom. The van der Waals surface area contributed by atoms with E-state index in [9.17, 15) is 26.3 Å². The lowest BCUT2D eigenvalue weighted by Crippen LogP contribution is -2.17. The van der Waals surface area contributed by atoms with E-state index in [1.807, 2.05) is 0 Å². The molecule has 0 aliphatic rings. The molecule has 0 aliphatic carbocycles. The van der Waals surface area contributed by atoms with Crippen LogP contribution in [0.4, 0.5) is 26.3 Å². The van der Waals surface area contributed by atoms with Crippen molar-refractivity contribution in [1.82, 2.24) is 15.4 Å². The van der Waals surface area contributed by atoms with Crippen LogP contribution in [0.3, 0.4) is 0 Å². The normalized spacial score (nSPS) is 11.9. The zero-order chi connectivity index (χ0) is 20.5. The molecule has 0 aliphatic heterocycles. The van der Waals surface area contributed by atoms with Crippen molar-refractivity contribution in [2.45, 2.75) is 12.5 Å². The molecule has 0 radical (unpaired) electrons. The fraction of sp³-hybridized carbons (Fsp3) is 0.118. The lowest BCUT2D eigenvalue weighted by molar-refractivity contribution is -0.274. The number of H-pyrrole nitrogens is 1. The molecule has 1 aromatic heterocycles. The van der Waals surface area contributed by atoms with Crippen LogP contribution in [0.2, 0.25) is 0 Å². The first kappa shape index (κ1) is 19.2. The molecule has 0 fully saturated rings. The summed E-state index contributed by atoms with van der Waals surface area (Å²) in [7, 11) is 0. The predicted molar refractivity (Wildman–Crippen MR) is 83.7 cm³/mol. The van der Waals surface area contributed by atoms with Crippen molar-refractivity contribution in [3.63, 3.8) is 0 Å². The number of rotatable bonds is 3. The first-order valence-electron chi connectivity index (χ1n) is 7.46. The van der Waals surface area contributed by atoms with Crippen molar-refractivity contribution in [1.29, 1.82) is 5.26 Å². The summed E-state index contributed by atoms with van der Waals surface area (Å²) in [5.41, 5.74) is -1.20. The topological polar surface area (TPSA) is 74.6 Å². The zero-order valence-corrected chi connectivity index (χ0v) is 13.6. The fourth-order valence-electron chi connectivity index (χ4n) is 2.48. The molecule has 11 heteroatoms. The maximum Gasteiger partial charge on any atom is 0.573 e. The van der Waals surface area contributed by atoms with Gasteiger partial charge in [0.1, 0.15) is 17.5 Å². The standard InChI is InChI=1S/C17H8F6N4O/c18-16(19,20)12-3-1-2-9(5-12)10-4-11(15-14(8-24)25-27-26-15)7-13(6-10)28-17(21,22)23/h1-7H,(H,25,26,27). The highest BCUT2D eigenvalue weighted by Crippen LogP contribution is 2.36. The smallest absolute Gasteiger partial charge is 0.406 e. The van der Waals surface area contributed by atoms with Crippen molar-refractivity contribution in [3.05, 3.63) is 53.7 Å². The highest BCUT2D eigenvalue weighted by atomic mass is 19.4. The van der Waals surface area contributed by atoms with Gasteiger partial charge in [0, 0.05) is 5.56 Å². The van der Waals surface area contributed by atoms with Gasteiger partial charge in [-0.15, -0.1) is 18.3 Å². The van der Waals surface area contributed by atoms with Crippen molar-refractivity contribution < 1.29 is 31.1 Å². The van der Waals surface area contributed by atoms with Crippen LogP contribution in [0.5, 0.6) is 5.75 Å².